The van der Waals surface area contributed by atoms with E-state index in [2.05, 4.69) is 13.8 Å². The van der Waals surface area contributed by atoms with Crippen molar-refractivity contribution in [2.45, 2.75) is 96.6 Å². The smallest absolute Gasteiger partial charge is 0.00416 e. The van der Waals surface area contributed by atoms with Crippen molar-refractivity contribution in [2.24, 2.45) is 35.1 Å². The molecule has 0 heterocycles. The third-order valence-electron chi connectivity index (χ3n) is 6.29. The summed E-state index contributed by atoms with van der Waals surface area (Å²) < 4.78 is 0. The first-order valence-electron chi connectivity index (χ1n) is 9.65. The Bertz CT molecular complexity index is 263. The average Bonchev–Trinajstić information content (AvgIpc) is 2.45. The van der Waals surface area contributed by atoms with Gasteiger partial charge in [0.1, 0.15) is 0 Å². The quantitative estimate of drug-likeness (QED) is 0.759. The van der Waals surface area contributed by atoms with Crippen LogP contribution in [0, 0.1) is 23.7 Å². The van der Waals surface area contributed by atoms with Gasteiger partial charge in [-0.05, 0) is 68.6 Å². The van der Waals surface area contributed by atoms with Crippen molar-refractivity contribution in [1.82, 2.24) is 0 Å². The van der Waals surface area contributed by atoms with Crippen molar-refractivity contribution in [3.63, 3.8) is 0 Å². The van der Waals surface area contributed by atoms with Gasteiger partial charge in [0.15, 0.2) is 0 Å². The number of rotatable bonds is 6. The van der Waals surface area contributed by atoms with Crippen molar-refractivity contribution >= 4 is 0 Å². The summed E-state index contributed by atoms with van der Waals surface area (Å²) in [5.74, 6) is 3.64. The van der Waals surface area contributed by atoms with E-state index in [4.69, 9.17) is 11.5 Å². The highest BCUT2D eigenvalue weighted by atomic mass is 14.7. The van der Waals surface area contributed by atoms with Crippen LogP contribution in [0.1, 0.15) is 84.5 Å². The lowest BCUT2D eigenvalue weighted by atomic mass is 9.66. The van der Waals surface area contributed by atoms with E-state index in [-0.39, 0.29) is 0 Å². The second-order valence-corrected chi connectivity index (χ2v) is 8.00. The average molecular weight is 295 g/mol. The van der Waals surface area contributed by atoms with Crippen LogP contribution in [0.25, 0.3) is 0 Å². The topological polar surface area (TPSA) is 52.0 Å². The third kappa shape index (κ3) is 4.96. The third-order valence-corrected chi connectivity index (χ3v) is 6.29. The van der Waals surface area contributed by atoms with E-state index in [1.165, 1.54) is 70.6 Å². The summed E-state index contributed by atoms with van der Waals surface area (Å²) in [6.45, 7) is 4.67. The molecular weight excluding hydrogens is 256 g/mol. The van der Waals surface area contributed by atoms with Gasteiger partial charge in [0.05, 0.1) is 0 Å². The number of hydrogen-bond donors (Lipinski definition) is 2. The number of nitrogens with two attached hydrogens (primary N) is 2. The van der Waals surface area contributed by atoms with Gasteiger partial charge in [-0.25, -0.2) is 0 Å². The summed E-state index contributed by atoms with van der Waals surface area (Å²) in [7, 11) is 0. The van der Waals surface area contributed by atoms with E-state index < -0.39 is 0 Å². The molecule has 21 heavy (non-hydrogen) atoms. The lowest BCUT2D eigenvalue weighted by Crippen LogP contribution is -2.38. The molecule has 124 valence electrons. The van der Waals surface area contributed by atoms with Crippen LogP contribution in [0.2, 0.25) is 0 Å². The molecule has 2 heteroatoms. The second-order valence-electron chi connectivity index (χ2n) is 8.00. The van der Waals surface area contributed by atoms with Crippen LogP contribution in [0.4, 0.5) is 0 Å². The molecule has 2 nitrogen and oxygen atoms in total. The van der Waals surface area contributed by atoms with Gasteiger partial charge in [0.25, 0.3) is 0 Å². The van der Waals surface area contributed by atoms with Gasteiger partial charge in [0, 0.05) is 12.1 Å². The van der Waals surface area contributed by atoms with Gasteiger partial charge in [-0.2, -0.15) is 0 Å². The Balaban J connectivity index is 1.97. The predicted octanol–water partition coefficient (Wildman–Crippen LogP) is 4.46. The van der Waals surface area contributed by atoms with Gasteiger partial charge >= 0.3 is 0 Å². The van der Waals surface area contributed by atoms with Crippen LogP contribution in [-0.2, 0) is 0 Å². The van der Waals surface area contributed by atoms with Crippen LogP contribution >= 0.6 is 0 Å². The Labute approximate surface area is 132 Å². The lowest BCUT2D eigenvalue weighted by Gasteiger charge is -2.41. The van der Waals surface area contributed by atoms with E-state index >= 15 is 0 Å². The van der Waals surface area contributed by atoms with Crippen LogP contribution < -0.4 is 11.5 Å². The SMILES string of the molecule is CCCC1CCC(N)CC1CC1CC(N)CCC1CCC. The van der Waals surface area contributed by atoms with Crippen molar-refractivity contribution in [3.05, 3.63) is 0 Å². The Morgan fingerprint density at radius 3 is 1.48 bits per heavy atom. The molecule has 0 aromatic heterocycles. The second kappa shape index (κ2) is 8.53. The molecule has 2 rings (SSSR count). The monoisotopic (exact) mass is 294 g/mol. The maximum atomic E-state index is 6.28. The standard InChI is InChI=1S/C19H38N2/c1-3-5-14-7-9-18(20)12-16(14)11-17-13-19(21)10-8-15(17)6-4-2/h14-19H,3-13,20-21H2,1-2H3. The first-order chi connectivity index (χ1) is 10.1. The summed E-state index contributed by atoms with van der Waals surface area (Å²) in [6.07, 6.45) is 14.7. The summed E-state index contributed by atoms with van der Waals surface area (Å²) in [5.41, 5.74) is 12.6. The van der Waals surface area contributed by atoms with Gasteiger partial charge in [0.2, 0.25) is 0 Å². The molecule has 0 aliphatic heterocycles. The minimum absolute atomic E-state index is 0.463. The Hall–Kier alpha value is -0.0800. The van der Waals surface area contributed by atoms with E-state index in [9.17, 15) is 0 Å². The zero-order chi connectivity index (χ0) is 15.2. The van der Waals surface area contributed by atoms with E-state index in [0.717, 1.165) is 23.7 Å². The fourth-order valence-corrected chi connectivity index (χ4v) is 5.19. The molecule has 0 spiro atoms. The molecule has 6 atom stereocenters. The molecule has 0 saturated heterocycles. The highest BCUT2D eigenvalue weighted by molar-refractivity contribution is 4.88. The van der Waals surface area contributed by atoms with Gasteiger partial charge in [-0.15, -0.1) is 0 Å². The van der Waals surface area contributed by atoms with Crippen LogP contribution in [0.5, 0.6) is 0 Å². The van der Waals surface area contributed by atoms with Crippen LogP contribution in [0.15, 0.2) is 0 Å². The van der Waals surface area contributed by atoms with Crippen LogP contribution in [-0.4, -0.2) is 12.1 Å². The largest absolute Gasteiger partial charge is 0.328 e. The van der Waals surface area contributed by atoms with E-state index in [1.54, 1.807) is 0 Å². The minimum atomic E-state index is 0.463. The Morgan fingerprint density at radius 1 is 0.667 bits per heavy atom. The van der Waals surface area contributed by atoms with E-state index in [1.807, 2.05) is 0 Å². The van der Waals surface area contributed by atoms with E-state index in [0.29, 0.717) is 12.1 Å². The number of hydrogen-bond acceptors (Lipinski definition) is 2. The van der Waals surface area contributed by atoms with Gasteiger partial charge < -0.3 is 11.5 Å². The van der Waals surface area contributed by atoms with Crippen molar-refractivity contribution < 1.29 is 0 Å². The van der Waals surface area contributed by atoms with Gasteiger partial charge in [-0.1, -0.05) is 39.5 Å². The molecule has 2 aliphatic carbocycles. The maximum absolute atomic E-state index is 6.28. The predicted molar refractivity (Wildman–Crippen MR) is 92.0 cm³/mol. The Kier molecular flexibility index (Phi) is 7.01. The zero-order valence-electron chi connectivity index (χ0n) is 14.4. The molecule has 0 bridgehead atoms. The molecule has 0 amide bonds. The molecule has 0 aromatic rings. The lowest BCUT2D eigenvalue weighted by molar-refractivity contribution is 0.114. The highest BCUT2D eigenvalue weighted by Gasteiger charge is 2.34. The highest BCUT2D eigenvalue weighted by Crippen LogP contribution is 2.42. The van der Waals surface area contributed by atoms with Crippen LogP contribution in [0.3, 0.4) is 0 Å². The van der Waals surface area contributed by atoms with Crippen molar-refractivity contribution in [1.29, 1.82) is 0 Å². The summed E-state index contributed by atoms with van der Waals surface area (Å²) in [4.78, 5) is 0. The zero-order valence-corrected chi connectivity index (χ0v) is 14.4. The Morgan fingerprint density at radius 2 is 1.10 bits per heavy atom. The normalized spacial score (nSPS) is 41.1. The first-order valence-corrected chi connectivity index (χ1v) is 9.65. The first kappa shape index (κ1) is 17.3. The van der Waals surface area contributed by atoms with Crippen molar-refractivity contribution in [2.75, 3.05) is 0 Å². The molecule has 2 saturated carbocycles. The summed E-state index contributed by atoms with van der Waals surface area (Å²) in [5, 5.41) is 0. The summed E-state index contributed by atoms with van der Waals surface area (Å²) >= 11 is 0. The van der Waals surface area contributed by atoms with Gasteiger partial charge in [-0.3, -0.25) is 0 Å². The molecule has 0 radical (unpaired) electrons. The molecule has 4 N–H and O–H groups in total. The fraction of sp³-hybridized carbons (Fsp3) is 1.00. The maximum Gasteiger partial charge on any atom is 0.00416 e. The molecule has 2 aliphatic rings. The molecule has 6 unspecified atom stereocenters. The molecule has 0 aromatic carbocycles. The molecular formula is C19H38N2. The minimum Gasteiger partial charge on any atom is -0.328 e. The molecule has 2 fully saturated rings. The fourth-order valence-electron chi connectivity index (χ4n) is 5.19. The van der Waals surface area contributed by atoms with Crippen molar-refractivity contribution in [3.8, 4) is 0 Å². The summed E-state index contributed by atoms with van der Waals surface area (Å²) in [6, 6.07) is 0.926.